The van der Waals surface area contributed by atoms with Gasteiger partial charge in [-0.2, -0.15) is 8.78 Å². The fourth-order valence-corrected chi connectivity index (χ4v) is 2.86. The topological polar surface area (TPSA) is 38.3 Å². The van der Waals surface area contributed by atoms with Gasteiger partial charge >= 0.3 is 6.61 Å². The largest absolute Gasteiger partial charge is 0.435 e. The van der Waals surface area contributed by atoms with Crippen LogP contribution < -0.4 is 10.1 Å². The fraction of sp³-hybridized carbons (Fsp3) is 0.462. The van der Waals surface area contributed by atoms with Gasteiger partial charge in [-0.25, -0.2) is 0 Å². The number of hydrogen-bond acceptors (Lipinski definition) is 2. The van der Waals surface area contributed by atoms with Crippen molar-refractivity contribution in [2.75, 3.05) is 0 Å². The molecule has 19 heavy (non-hydrogen) atoms. The Morgan fingerprint density at radius 1 is 1.42 bits per heavy atom. The molecule has 1 aliphatic rings. The average Bonchev–Trinajstić information content (AvgIpc) is 2.74. The van der Waals surface area contributed by atoms with Gasteiger partial charge in [-0.15, -0.1) is 0 Å². The van der Waals surface area contributed by atoms with Crippen LogP contribution in [-0.2, 0) is 0 Å². The smallest absolute Gasteiger partial charge is 0.387 e. The Morgan fingerprint density at radius 3 is 2.84 bits per heavy atom. The lowest BCUT2D eigenvalue weighted by Gasteiger charge is -2.16. The van der Waals surface area contributed by atoms with E-state index in [0.29, 0.717) is 5.56 Å². The monoisotopic (exact) mass is 333 g/mol. The highest BCUT2D eigenvalue weighted by molar-refractivity contribution is 9.09. The Morgan fingerprint density at radius 2 is 2.21 bits per heavy atom. The Labute approximate surface area is 118 Å². The van der Waals surface area contributed by atoms with Crippen molar-refractivity contribution in [3.63, 3.8) is 0 Å². The van der Waals surface area contributed by atoms with E-state index in [9.17, 15) is 13.6 Å². The quantitative estimate of drug-likeness (QED) is 0.858. The summed E-state index contributed by atoms with van der Waals surface area (Å²) in [6.07, 6.45) is 3.02. The maximum Gasteiger partial charge on any atom is 0.387 e. The molecule has 6 heteroatoms. The molecule has 2 atom stereocenters. The molecule has 1 aromatic carbocycles. The number of alkyl halides is 3. The third kappa shape index (κ3) is 3.89. The van der Waals surface area contributed by atoms with Crippen LogP contribution in [0.2, 0.25) is 0 Å². The first-order chi connectivity index (χ1) is 9.06. The summed E-state index contributed by atoms with van der Waals surface area (Å²) in [6, 6.07) is 5.90. The molecule has 1 aliphatic carbocycles. The van der Waals surface area contributed by atoms with Gasteiger partial charge in [0.2, 0.25) is 0 Å². The first-order valence-electron chi connectivity index (χ1n) is 6.06. The summed E-state index contributed by atoms with van der Waals surface area (Å²) in [5, 5.41) is 2.90. The summed E-state index contributed by atoms with van der Waals surface area (Å²) < 4.78 is 28.5. The zero-order valence-electron chi connectivity index (χ0n) is 10.1. The number of rotatable bonds is 4. The first-order valence-corrected chi connectivity index (χ1v) is 6.97. The molecule has 0 bridgehead atoms. The Hall–Kier alpha value is -1.17. The number of halogens is 3. The van der Waals surface area contributed by atoms with Crippen molar-refractivity contribution in [3.8, 4) is 5.75 Å². The maximum absolute atomic E-state index is 12.1. The molecule has 1 saturated carbocycles. The van der Waals surface area contributed by atoms with E-state index >= 15 is 0 Å². The summed E-state index contributed by atoms with van der Waals surface area (Å²) in [4.78, 5) is 12.3. The van der Waals surface area contributed by atoms with Gasteiger partial charge in [-0.1, -0.05) is 28.4 Å². The second-order valence-electron chi connectivity index (χ2n) is 4.43. The molecule has 0 aliphatic heterocycles. The van der Waals surface area contributed by atoms with Gasteiger partial charge in [0.05, 0.1) is 0 Å². The highest BCUT2D eigenvalue weighted by Gasteiger charge is 2.26. The van der Waals surface area contributed by atoms with E-state index in [4.69, 9.17) is 0 Å². The van der Waals surface area contributed by atoms with Crippen LogP contribution in [-0.4, -0.2) is 23.4 Å². The van der Waals surface area contributed by atoms with E-state index in [0.717, 1.165) is 19.3 Å². The average molecular weight is 334 g/mol. The van der Waals surface area contributed by atoms with Crippen LogP contribution in [0.1, 0.15) is 29.6 Å². The number of carbonyl (C=O) groups is 1. The number of nitrogens with one attached hydrogen (secondary N) is 1. The molecule has 0 radical (unpaired) electrons. The van der Waals surface area contributed by atoms with Gasteiger partial charge in [0.1, 0.15) is 5.75 Å². The number of hydrogen-bond donors (Lipinski definition) is 1. The van der Waals surface area contributed by atoms with Crippen LogP contribution >= 0.6 is 15.9 Å². The van der Waals surface area contributed by atoms with E-state index in [2.05, 4.69) is 26.0 Å². The third-order valence-electron chi connectivity index (χ3n) is 3.07. The molecule has 0 aromatic heterocycles. The fourth-order valence-electron chi connectivity index (χ4n) is 2.14. The van der Waals surface area contributed by atoms with Crippen LogP contribution in [0.4, 0.5) is 8.78 Å². The summed E-state index contributed by atoms with van der Waals surface area (Å²) in [7, 11) is 0. The molecule has 2 unspecified atom stereocenters. The van der Waals surface area contributed by atoms with Crippen molar-refractivity contribution < 1.29 is 18.3 Å². The predicted molar refractivity (Wildman–Crippen MR) is 70.9 cm³/mol. The minimum atomic E-state index is -2.89. The molecule has 1 fully saturated rings. The van der Waals surface area contributed by atoms with E-state index in [1.807, 2.05) is 0 Å². The first kappa shape index (κ1) is 14.2. The molecule has 1 amide bonds. The molecular formula is C13H14BrF2NO2. The second kappa shape index (κ2) is 6.32. The molecule has 2 rings (SSSR count). The highest BCUT2D eigenvalue weighted by Crippen LogP contribution is 2.26. The van der Waals surface area contributed by atoms with Gasteiger partial charge in [-0.05, 0) is 31.0 Å². The summed E-state index contributed by atoms with van der Waals surface area (Å²) in [6.45, 7) is -2.89. The summed E-state index contributed by atoms with van der Waals surface area (Å²) in [5.74, 6) is -0.277. The molecule has 1 N–H and O–H groups in total. The van der Waals surface area contributed by atoms with Gasteiger partial charge < -0.3 is 10.1 Å². The minimum Gasteiger partial charge on any atom is -0.435 e. The van der Waals surface area contributed by atoms with Crippen molar-refractivity contribution in [3.05, 3.63) is 29.8 Å². The predicted octanol–water partition coefficient (Wildman–Crippen LogP) is 3.33. The molecule has 0 spiro atoms. The number of ether oxygens (including phenoxy) is 1. The number of carbonyl (C=O) groups excluding carboxylic acids is 1. The van der Waals surface area contributed by atoms with Crippen molar-refractivity contribution in [1.82, 2.24) is 5.32 Å². The second-order valence-corrected chi connectivity index (χ2v) is 5.61. The van der Waals surface area contributed by atoms with Crippen LogP contribution in [0.5, 0.6) is 5.75 Å². The zero-order chi connectivity index (χ0) is 13.8. The van der Waals surface area contributed by atoms with Crippen molar-refractivity contribution in [1.29, 1.82) is 0 Å². The molecule has 0 saturated heterocycles. The SMILES string of the molecule is O=C(NC1CCCC1Br)c1cccc(OC(F)F)c1. The third-order valence-corrected chi connectivity index (χ3v) is 4.17. The summed E-state index contributed by atoms with van der Waals surface area (Å²) >= 11 is 3.51. The Balaban J connectivity index is 2.02. The van der Waals surface area contributed by atoms with Crippen LogP contribution in [0.3, 0.4) is 0 Å². The zero-order valence-corrected chi connectivity index (χ0v) is 11.7. The molecule has 3 nitrogen and oxygen atoms in total. The lowest BCUT2D eigenvalue weighted by Crippen LogP contribution is -2.37. The van der Waals surface area contributed by atoms with Gasteiger partial charge in [0.15, 0.2) is 0 Å². The number of benzene rings is 1. The lowest BCUT2D eigenvalue weighted by molar-refractivity contribution is -0.0498. The number of amides is 1. The van der Waals surface area contributed by atoms with E-state index in [-0.39, 0.29) is 22.5 Å². The van der Waals surface area contributed by atoms with Crippen LogP contribution in [0.15, 0.2) is 24.3 Å². The Kier molecular flexibility index (Phi) is 4.74. The van der Waals surface area contributed by atoms with E-state index < -0.39 is 6.61 Å². The standard InChI is InChI=1S/C13H14BrF2NO2/c14-10-5-2-6-11(10)17-12(18)8-3-1-4-9(7-8)19-13(15)16/h1,3-4,7,10-11,13H,2,5-6H2,(H,17,18). The van der Waals surface area contributed by atoms with Crippen molar-refractivity contribution >= 4 is 21.8 Å². The van der Waals surface area contributed by atoms with E-state index in [1.165, 1.54) is 18.2 Å². The van der Waals surface area contributed by atoms with Crippen LogP contribution in [0, 0.1) is 0 Å². The minimum absolute atomic E-state index is 0.00976. The normalized spacial score (nSPS) is 22.5. The van der Waals surface area contributed by atoms with Gasteiger partial charge in [0.25, 0.3) is 5.91 Å². The molecule has 1 aromatic rings. The molecule has 0 heterocycles. The van der Waals surface area contributed by atoms with E-state index in [1.54, 1.807) is 6.07 Å². The molecular weight excluding hydrogens is 320 g/mol. The highest BCUT2D eigenvalue weighted by atomic mass is 79.9. The molecule has 104 valence electrons. The Bertz CT molecular complexity index is 456. The summed E-state index contributed by atoms with van der Waals surface area (Å²) in [5.41, 5.74) is 0.324. The lowest BCUT2D eigenvalue weighted by atomic mass is 10.1. The van der Waals surface area contributed by atoms with Gasteiger partial charge in [-0.3, -0.25) is 4.79 Å². The van der Waals surface area contributed by atoms with Crippen molar-refractivity contribution in [2.24, 2.45) is 0 Å². The van der Waals surface area contributed by atoms with Crippen LogP contribution in [0.25, 0.3) is 0 Å². The maximum atomic E-state index is 12.1. The van der Waals surface area contributed by atoms with Crippen molar-refractivity contribution in [2.45, 2.75) is 36.7 Å². The van der Waals surface area contributed by atoms with Gasteiger partial charge in [0, 0.05) is 16.4 Å².